The highest BCUT2D eigenvalue weighted by Crippen LogP contribution is 2.32. The minimum absolute atomic E-state index is 0.0365. The van der Waals surface area contributed by atoms with Crippen LogP contribution in [0.4, 0.5) is 5.69 Å². The second-order valence-electron chi connectivity index (χ2n) is 5.23. The number of benzene rings is 1. The number of nitrogens with zero attached hydrogens (tertiary/aromatic N) is 5. The zero-order valence-electron chi connectivity index (χ0n) is 14.1. The van der Waals surface area contributed by atoms with E-state index in [9.17, 15) is 19.2 Å². The zero-order chi connectivity index (χ0) is 21.0. The second-order valence-corrected chi connectivity index (χ2v) is 5.23. The highest BCUT2D eigenvalue weighted by Gasteiger charge is 2.19. The van der Waals surface area contributed by atoms with Crippen molar-refractivity contribution in [2.45, 2.75) is 0 Å². The molecule has 29 heavy (non-hydrogen) atoms. The average Bonchev–Trinajstić information content (AvgIpc) is 2.69. The maximum Gasteiger partial charge on any atom is 0.342 e. The van der Waals surface area contributed by atoms with Crippen molar-refractivity contribution in [2.75, 3.05) is 5.43 Å². The molecule has 5 N–H and O–H groups in total. The number of hydrogen-bond acceptors (Lipinski definition) is 10. The predicted molar refractivity (Wildman–Crippen MR) is 97.7 cm³/mol. The van der Waals surface area contributed by atoms with E-state index in [-0.39, 0.29) is 28.2 Å². The summed E-state index contributed by atoms with van der Waals surface area (Å²) in [6, 6.07) is 7.36. The van der Waals surface area contributed by atoms with Gasteiger partial charge in [-0.3, -0.25) is 25.0 Å². The lowest BCUT2D eigenvalue weighted by atomic mass is 10.0. The molecule has 14 heteroatoms. The van der Waals surface area contributed by atoms with Gasteiger partial charge in [-0.2, -0.15) is 25.8 Å². The number of H-pyrrole nitrogens is 4. The third-order valence-corrected chi connectivity index (χ3v) is 3.49. The summed E-state index contributed by atoms with van der Waals surface area (Å²) in [7, 11) is 0. The van der Waals surface area contributed by atoms with Crippen molar-refractivity contribution in [2.24, 2.45) is 5.10 Å². The van der Waals surface area contributed by atoms with Crippen LogP contribution in [-0.4, -0.2) is 36.1 Å². The van der Waals surface area contributed by atoms with Crippen LogP contribution in [0.15, 0.2) is 42.5 Å². The second kappa shape index (κ2) is 7.64. The quantitative estimate of drug-likeness (QED) is 0.253. The normalized spacial score (nSPS) is 9.86. The maximum atomic E-state index is 12.2. The highest BCUT2D eigenvalue weighted by molar-refractivity contribution is 6.10. The minimum atomic E-state index is -0.845. The summed E-state index contributed by atoms with van der Waals surface area (Å²) in [4.78, 5) is 50.8. The fourth-order valence-corrected chi connectivity index (χ4v) is 2.31. The topological polar surface area (TPSA) is 229 Å². The molecule has 3 aromatic rings. The Morgan fingerprint density at radius 1 is 0.897 bits per heavy atom. The van der Waals surface area contributed by atoms with E-state index in [0.717, 1.165) is 0 Å². The fourth-order valence-electron chi connectivity index (χ4n) is 2.31. The van der Waals surface area contributed by atoms with E-state index in [4.69, 9.17) is 10.5 Å². The lowest BCUT2D eigenvalue weighted by molar-refractivity contribution is 0.895. The summed E-state index contributed by atoms with van der Waals surface area (Å²) in [5.41, 5.74) is -1.88. The number of nitrogens with one attached hydrogen (secondary N) is 5. The largest absolute Gasteiger partial charge is 0.342 e. The van der Waals surface area contributed by atoms with Gasteiger partial charge in [-0.1, -0.05) is 18.2 Å². The molecule has 2 aromatic heterocycles. The van der Waals surface area contributed by atoms with Gasteiger partial charge in [0.05, 0.1) is 5.69 Å². The van der Waals surface area contributed by atoms with Crippen LogP contribution < -0.4 is 27.9 Å². The number of hydrogen-bond donors (Lipinski definition) is 5. The Morgan fingerprint density at radius 3 is 1.79 bits per heavy atom. The van der Waals surface area contributed by atoms with Gasteiger partial charge in [0.2, 0.25) is 5.71 Å². The molecule has 0 aliphatic carbocycles. The van der Waals surface area contributed by atoms with E-state index < -0.39 is 28.2 Å². The predicted octanol–water partition coefficient (Wildman–Crippen LogP) is -1.62. The molecule has 0 aliphatic rings. The van der Waals surface area contributed by atoms with Gasteiger partial charge < -0.3 is 0 Å². The van der Waals surface area contributed by atoms with Crippen molar-refractivity contribution < 1.29 is 0 Å². The van der Waals surface area contributed by atoms with Crippen LogP contribution in [0.25, 0.3) is 22.5 Å². The Morgan fingerprint density at radius 2 is 1.38 bits per heavy atom. The first-order valence-corrected chi connectivity index (χ1v) is 7.60. The molecule has 0 saturated carbocycles. The summed E-state index contributed by atoms with van der Waals surface area (Å²) < 4.78 is 0. The van der Waals surface area contributed by atoms with E-state index in [1.807, 2.05) is 9.97 Å². The van der Waals surface area contributed by atoms with Gasteiger partial charge in [-0.25, -0.2) is 19.8 Å². The SMILES string of the molecule is N#CC(C#N)=NNc1c(-c2n[nH]c(=O)[nH]c2=O)cccc1-c1n[nH]c(=O)[nH]c1=O. The van der Waals surface area contributed by atoms with Crippen LogP contribution in [0.3, 0.4) is 0 Å². The van der Waals surface area contributed by atoms with Crippen molar-refractivity contribution in [1.82, 2.24) is 30.4 Å². The van der Waals surface area contributed by atoms with Gasteiger partial charge >= 0.3 is 11.4 Å². The summed E-state index contributed by atoms with van der Waals surface area (Å²) >= 11 is 0. The fraction of sp³-hybridized carbons (Fsp3) is 0. The molecule has 142 valence electrons. The molecule has 0 fully saturated rings. The van der Waals surface area contributed by atoms with Gasteiger partial charge in [0, 0.05) is 11.1 Å². The van der Waals surface area contributed by atoms with Gasteiger partial charge in [0.25, 0.3) is 11.1 Å². The molecule has 0 radical (unpaired) electrons. The van der Waals surface area contributed by atoms with Gasteiger partial charge in [-0.05, 0) is 0 Å². The highest BCUT2D eigenvalue weighted by atomic mass is 16.2. The summed E-state index contributed by atoms with van der Waals surface area (Å²) in [5.74, 6) is 0. The van der Waals surface area contributed by atoms with Crippen LogP contribution in [0.2, 0.25) is 0 Å². The molecule has 0 amide bonds. The Labute approximate surface area is 158 Å². The monoisotopic (exact) mass is 392 g/mol. The Balaban J connectivity index is 2.33. The van der Waals surface area contributed by atoms with E-state index in [2.05, 4.69) is 30.9 Å². The van der Waals surface area contributed by atoms with Crippen LogP contribution >= 0.6 is 0 Å². The molecule has 0 bridgehead atoms. The molecule has 0 saturated heterocycles. The average molecular weight is 392 g/mol. The molecule has 0 atom stereocenters. The molecule has 14 nitrogen and oxygen atoms in total. The molecular formula is C15H8N10O4. The number of rotatable bonds is 4. The van der Waals surface area contributed by atoms with Crippen LogP contribution in [-0.2, 0) is 0 Å². The molecule has 2 heterocycles. The van der Waals surface area contributed by atoms with Crippen molar-refractivity contribution >= 4 is 11.4 Å². The third kappa shape index (κ3) is 3.71. The number of aromatic nitrogens is 6. The van der Waals surface area contributed by atoms with E-state index in [1.54, 1.807) is 12.1 Å². The van der Waals surface area contributed by atoms with E-state index in [0.29, 0.717) is 0 Å². The van der Waals surface area contributed by atoms with Gasteiger partial charge in [0.1, 0.15) is 12.1 Å². The Bertz CT molecular complexity index is 1340. The number of aromatic amines is 4. The zero-order valence-corrected chi connectivity index (χ0v) is 14.1. The summed E-state index contributed by atoms with van der Waals surface area (Å²) in [6.07, 6.45) is 0. The van der Waals surface area contributed by atoms with Gasteiger partial charge in [0.15, 0.2) is 11.4 Å². The first-order chi connectivity index (χ1) is 13.9. The Hall–Kier alpha value is -5.11. The molecule has 0 spiro atoms. The first kappa shape index (κ1) is 18.7. The molecular weight excluding hydrogens is 384 g/mol. The smallest absolute Gasteiger partial charge is 0.275 e. The standard InChI is InChI=1S/C15H8N10O4/c16-4-6(5-17)20-21-9-7(10-12(26)18-14(28)24-22-10)2-1-3-8(9)11-13(27)19-15(29)25-23-11/h1-3,21H,(H2,18,24,26,28)(H2,19,25,27,29). The number of nitriles is 2. The summed E-state index contributed by atoms with van der Waals surface area (Å²) in [5, 5.41) is 32.9. The number of anilines is 1. The van der Waals surface area contributed by atoms with E-state index >= 15 is 0 Å². The van der Waals surface area contributed by atoms with Crippen molar-refractivity contribution in [3.63, 3.8) is 0 Å². The van der Waals surface area contributed by atoms with Crippen molar-refractivity contribution in [1.29, 1.82) is 10.5 Å². The van der Waals surface area contributed by atoms with Crippen LogP contribution in [0.1, 0.15) is 0 Å². The van der Waals surface area contributed by atoms with Gasteiger partial charge in [-0.15, -0.1) is 0 Å². The number of hydrazone groups is 1. The van der Waals surface area contributed by atoms with Crippen molar-refractivity contribution in [3.8, 4) is 34.7 Å². The molecule has 0 unspecified atom stereocenters. The number of para-hydroxylation sites is 1. The molecule has 0 aliphatic heterocycles. The van der Waals surface area contributed by atoms with Crippen molar-refractivity contribution in [3.05, 3.63) is 59.9 Å². The lowest BCUT2D eigenvalue weighted by Gasteiger charge is -2.12. The summed E-state index contributed by atoms with van der Waals surface area (Å²) in [6.45, 7) is 0. The Kier molecular flexibility index (Phi) is 4.92. The molecule has 3 rings (SSSR count). The van der Waals surface area contributed by atoms with Crippen LogP contribution in [0, 0.1) is 22.7 Å². The van der Waals surface area contributed by atoms with Crippen LogP contribution in [0.5, 0.6) is 0 Å². The maximum absolute atomic E-state index is 12.2. The first-order valence-electron chi connectivity index (χ1n) is 7.60. The van der Waals surface area contributed by atoms with E-state index in [1.165, 1.54) is 18.2 Å². The lowest BCUT2D eigenvalue weighted by Crippen LogP contribution is -2.26. The minimum Gasteiger partial charge on any atom is -0.275 e. The molecule has 1 aromatic carbocycles. The third-order valence-electron chi connectivity index (χ3n) is 3.49.